The summed E-state index contributed by atoms with van der Waals surface area (Å²) in [4.78, 5) is 15.1. The van der Waals surface area contributed by atoms with Crippen molar-refractivity contribution in [2.24, 2.45) is 0 Å². The lowest BCUT2D eigenvalue weighted by Gasteiger charge is -2.09. The highest BCUT2D eigenvalue weighted by molar-refractivity contribution is 5.88. The zero-order valence-corrected chi connectivity index (χ0v) is 11.1. The Hall–Kier alpha value is -3.07. The van der Waals surface area contributed by atoms with Crippen LogP contribution in [0, 0.1) is 18.3 Å². The number of fused-ring (bicyclic) bond motifs is 1. The number of hydrogen-bond acceptors (Lipinski definition) is 5. The first kappa shape index (κ1) is 12.9. The normalized spacial score (nSPS) is 12.0. The van der Waals surface area contributed by atoms with E-state index in [-0.39, 0.29) is 12.5 Å². The molecule has 6 heteroatoms. The van der Waals surface area contributed by atoms with Crippen LogP contribution in [-0.2, 0) is 0 Å². The highest BCUT2D eigenvalue weighted by Gasteiger charge is 2.18. The van der Waals surface area contributed by atoms with Crippen molar-refractivity contribution >= 4 is 5.97 Å². The number of rotatable bonds is 2. The van der Waals surface area contributed by atoms with E-state index in [0.29, 0.717) is 33.9 Å². The maximum atomic E-state index is 11.1. The molecule has 1 aromatic carbocycles. The second-order valence-corrected chi connectivity index (χ2v) is 4.50. The molecule has 0 bridgehead atoms. The van der Waals surface area contributed by atoms with Crippen LogP contribution in [0.2, 0.25) is 0 Å². The van der Waals surface area contributed by atoms with Crippen LogP contribution < -0.4 is 9.47 Å². The Kier molecular flexibility index (Phi) is 2.95. The number of aromatic carboxylic acids is 1. The summed E-state index contributed by atoms with van der Waals surface area (Å²) in [5, 5.41) is 18.4. The van der Waals surface area contributed by atoms with Crippen molar-refractivity contribution in [3.8, 4) is 28.7 Å². The molecule has 0 radical (unpaired) electrons. The van der Waals surface area contributed by atoms with Crippen molar-refractivity contribution in [1.82, 2.24) is 4.98 Å². The maximum absolute atomic E-state index is 11.1. The summed E-state index contributed by atoms with van der Waals surface area (Å²) < 4.78 is 10.5. The van der Waals surface area contributed by atoms with E-state index >= 15 is 0 Å². The molecule has 21 heavy (non-hydrogen) atoms. The van der Waals surface area contributed by atoms with E-state index < -0.39 is 5.97 Å². The third-order valence-electron chi connectivity index (χ3n) is 3.21. The van der Waals surface area contributed by atoms with Gasteiger partial charge in [0, 0.05) is 5.56 Å². The summed E-state index contributed by atoms with van der Waals surface area (Å²) >= 11 is 0. The van der Waals surface area contributed by atoms with Gasteiger partial charge in [-0.3, -0.25) is 0 Å². The van der Waals surface area contributed by atoms with Gasteiger partial charge >= 0.3 is 5.97 Å². The molecule has 0 unspecified atom stereocenters. The Morgan fingerprint density at radius 1 is 1.33 bits per heavy atom. The van der Waals surface area contributed by atoms with E-state index in [2.05, 4.69) is 11.1 Å². The third-order valence-corrected chi connectivity index (χ3v) is 3.21. The minimum atomic E-state index is -1.13. The highest BCUT2D eigenvalue weighted by Crippen LogP contribution is 2.37. The van der Waals surface area contributed by atoms with Crippen molar-refractivity contribution in [3.63, 3.8) is 0 Å². The Labute approximate surface area is 120 Å². The molecule has 2 aromatic rings. The predicted octanol–water partition coefficient (Wildman–Crippen LogP) is 2.36. The highest BCUT2D eigenvalue weighted by atomic mass is 16.7. The average Bonchev–Trinajstić information content (AvgIpc) is 2.93. The number of nitrogens with zero attached hydrogens (tertiary/aromatic N) is 2. The fourth-order valence-electron chi connectivity index (χ4n) is 2.22. The van der Waals surface area contributed by atoms with Gasteiger partial charge in [-0.05, 0) is 30.7 Å². The van der Waals surface area contributed by atoms with Crippen molar-refractivity contribution in [3.05, 3.63) is 41.2 Å². The molecule has 0 spiro atoms. The van der Waals surface area contributed by atoms with Crippen LogP contribution >= 0.6 is 0 Å². The number of carbonyl (C=O) groups is 1. The predicted molar refractivity (Wildman–Crippen MR) is 72.2 cm³/mol. The van der Waals surface area contributed by atoms with E-state index in [4.69, 9.17) is 14.6 Å². The number of pyridine rings is 1. The summed E-state index contributed by atoms with van der Waals surface area (Å²) in [6, 6.07) is 8.68. The molecule has 0 fully saturated rings. The van der Waals surface area contributed by atoms with Crippen molar-refractivity contribution < 1.29 is 19.4 Å². The minimum absolute atomic E-state index is 0.0980. The molecule has 0 amide bonds. The van der Waals surface area contributed by atoms with E-state index in [1.807, 2.05) is 0 Å². The lowest BCUT2D eigenvalue weighted by atomic mass is 9.98. The quantitative estimate of drug-likeness (QED) is 0.908. The monoisotopic (exact) mass is 282 g/mol. The van der Waals surface area contributed by atoms with Crippen LogP contribution in [0.4, 0.5) is 0 Å². The van der Waals surface area contributed by atoms with Crippen LogP contribution in [0.1, 0.15) is 21.7 Å². The molecule has 6 nitrogen and oxygen atoms in total. The largest absolute Gasteiger partial charge is 0.477 e. The lowest BCUT2D eigenvalue weighted by molar-refractivity contribution is 0.0690. The fourth-order valence-corrected chi connectivity index (χ4v) is 2.22. The Balaban J connectivity index is 2.21. The zero-order valence-electron chi connectivity index (χ0n) is 11.1. The third kappa shape index (κ3) is 2.15. The SMILES string of the molecule is Cc1nc(C(=O)O)cc(-c2ccc3c(c2)OCO3)c1C#N. The first-order chi connectivity index (χ1) is 10.1. The standard InChI is InChI=1S/C15H10N2O4/c1-8-11(6-16)10(5-12(17-8)15(18)19)9-2-3-13-14(4-9)21-7-20-13/h2-5H,7H2,1H3,(H,18,19). The average molecular weight is 282 g/mol. The van der Waals surface area contributed by atoms with Gasteiger partial charge in [0.05, 0.1) is 11.3 Å². The minimum Gasteiger partial charge on any atom is -0.477 e. The van der Waals surface area contributed by atoms with Gasteiger partial charge in [0.2, 0.25) is 6.79 Å². The number of carboxylic acid groups (broad SMARTS) is 1. The maximum Gasteiger partial charge on any atom is 0.354 e. The number of aryl methyl sites for hydroxylation is 1. The molecular weight excluding hydrogens is 272 g/mol. The van der Waals surface area contributed by atoms with Crippen LogP contribution in [-0.4, -0.2) is 22.9 Å². The molecule has 0 aliphatic carbocycles. The summed E-state index contributed by atoms with van der Waals surface area (Å²) in [7, 11) is 0. The summed E-state index contributed by atoms with van der Waals surface area (Å²) in [5.74, 6) is 0.0637. The number of aromatic nitrogens is 1. The lowest BCUT2D eigenvalue weighted by Crippen LogP contribution is -2.04. The summed E-state index contributed by atoms with van der Waals surface area (Å²) in [6.45, 7) is 1.76. The zero-order chi connectivity index (χ0) is 15.0. The molecular formula is C15H10N2O4. The van der Waals surface area contributed by atoms with Gasteiger partial charge in [0.25, 0.3) is 0 Å². The van der Waals surface area contributed by atoms with Gasteiger partial charge in [-0.1, -0.05) is 6.07 Å². The number of nitriles is 1. The van der Waals surface area contributed by atoms with Gasteiger partial charge < -0.3 is 14.6 Å². The van der Waals surface area contributed by atoms with Gasteiger partial charge in [-0.15, -0.1) is 0 Å². The number of carboxylic acids is 1. The Morgan fingerprint density at radius 2 is 2.10 bits per heavy atom. The first-order valence-electron chi connectivity index (χ1n) is 6.15. The van der Waals surface area contributed by atoms with Crippen LogP contribution in [0.25, 0.3) is 11.1 Å². The van der Waals surface area contributed by atoms with E-state index in [0.717, 1.165) is 0 Å². The van der Waals surface area contributed by atoms with Gasteiger partial charge in [0.1, 0.15) is 11.8 Å². The summed E-state index contributed by atoms with van der Waals surface area (Å²) in [6.07, 6.45) is 0. The molecule has 0 atom stereocenters. The van der Waals surface area contributed by atoms with Gasteiger partial charge in [0.15, 0.2) is 11.5 Å². The molecule has 0 saturated carbocycles. The van der Waals surface area contributed by atoms with E-state index in [9.17, 15) is 10.1 Å². The molecule has 0 saturated heterocycles. The topological polar surface area (TPSA) is 92.4 Å². The Morgan fingerprint density at radius 3 is 2.81 bits per heavy atom. The van der Waals surface area contributed by atoms with Gasteiger partial charge in [-0.2, -0.15) is 5.26 Å². The van der Waals surface area contributed by atoms with Gasteiger partial charge in [-0.25, -0.2) is 9.78 Å². The Bertz CT molecular complexity index is 793. The molecule has 1 aliphatic rings. The van der Waals surface area contributed by atoms with Crippen LogP contribution in [0.5, 0.6) is 11.5 Å². The molecule has 1 N–H and O–H groups in total. The molecule has 104 valence electrons. The van der Waals surface area contributed by atoms with Crippen molar-refractivity contribution in [2.45, 2.75) is 6.92 Å². The molecule has 3 rings (SSSR count). The van der Waals surface area contributed by atoms with E-state index in [1.54, 1.807) is 25.1 Å². The fraction of sp³-hybridized carbons (Fsp3) is 0.133. The number of ether oxygens (including phenoxy) is 2. The first-order valence-corrected chi connectivity index (χ1v) is 6.15. The smallest absolute Gasteiger partial charge is 0.354 e. The second kappa shape index (κ2) is 4.80. The van der Waals surface area contributed by atoms with Crippen molar-refractivity contribution in [1.29, 1.82) is 5.26 Å². The second-order valence-electron chi connectivity index (χ2n) is 4.50. The molecule has 1 aromatic heterocycles. The number of hydrogen-bond donors (Lipinski definition) is 1. The van der Waals surface area contributed by atoms with Crippen LogP contribution in [0.3, 0.4) is 0 Å². The number of benzene rings is 1. The van der Waals surface area contributed by atoms with Crippen molar-refractivity contribution in [2.75, 3.05) is 6.79 Å². The summed E-state index contributed by atoms with van der Waals surface area (Å²) in [5.41, 5.74) is 1.83. The molecule has 2 heterocycles. The van der Waals surface area contributed by atoms with Crippen LogP contribution in [0.15, 0.2) is 24.3 Å². The van der Waals surface area contributed by atoms with E-state index in [1.165, 1.54) is 6.07 Å². The molecule has 1 aliphatic heterocycles.